The van der Waals surface area contributed by atoms with Crippen molar-refractivity contribution in [1.29, 1.82) is 0 Å². The van der Waals surface area contributed by atoms with Gasteiger partial charge in [-0.3, -0.25) is 4.79 Å². The van der Waals surface area contributed by atoms with Gasteiger partial charge in [0.25, 0.3) is 0 Å². The van der Waals surface area contributed by atoms with E-state index in [0.29, 0.717) is 44.0 Å². The molecule has 0 atom stereocenters. The minimum Gasteiger partial charge on any atom is -0.434 e. The molecule has 170 valence electrons. The van der Waals surface area contributed by atoms with E-state index in [2.05, 4.69) is 32.9 Å². The number of carbonyl (C=O) groups is 2. The third kappa shape index (κ3) is 5.38. The van der Waals surface area contributed by atoms with Gasteiger partial charge >= 0.3 is 6.16 Å². The Hall–Kier alpha value is -2.14. The zero-order valence-electron chi connectivity index (χ0n) is 19.6. The predicted octanol–water partition coefficient (Wildman–Crippen LogP) is 5.80. The maximum atomic E-state index is 13.6. The van der Waals surface area contributed by atoms with Crippen LogP contribution in [0, 0.1) is 18.3 Å². The number of rotatable bonds is 6. The number of aryl methyl sites for hydroxylation is 3. The van der Waals surface area contributed by atoms with Gasteiger partial charge in [0.2, 0.25) is 0 Å². The predicted molar refractivity (Wildman–Crippen MR) is 121 cm³/mol. The number of hydrogen-bond acceptors (Lipinski definition) is 5. The molecule has 3 rings (SSSR count). The van der Waals surface area contributed by atoms with Crippen LogP contribution in [0.1, 0.15) is 75.6 Å². The van der Waals surface area contributed by atoms with E-state index in [-0.39, 0.29) is 17.1 Å². The third-order valence-electron chi connectivity index (χ3n) is 6.38. The van der Waals surface area contributed by atoms with E-state index in [9.17, 15) is 9.59 Å². The highest BCUT2D eigenvalue weighted by atomic mass is 16.7. The Kier molecular flexibility index (Phi) is 7.58. The molecule has 1 aliphatic heterocycles. The molecule has 0 N–H and O–H groups in total. The van der Waals surface area contributed by atoms with Crippen molar-refractivity contribution in [3.8, 4) is 0 Å². The first-order valence-electron chi connectivity index (χ1n) is 11.6. The maximum Gasteiger partial charge on any atom is 0.513 e. The number of ether oxygens (including phenoxy) is 3. The lowest BCUT2D eigenvalue weighted by atomic mass is 9.67. The van der Waals surface area contributed by atoms with Crippen LogP contribution in [-0.2, 0) is 31.8 Å². The third-order valence-corrected chi connectivity index (χ3v) is 6.38. The van der Waals surface area contributed by atoms with Gasteiger partial charge in [0, 0.05) is 26.1 Å². The second-order valence-electron chi connectivity index (χ2n) is 9.41. The highest BCUT2D eigenvalue weighted by Gasteiger charge is 2.43. The summed E-state index contributed by atoms with van der Waals surface area (Å²) in [5, 5.41) is 0. The lowest BCUT2D eigenvalue weighted by Crippen LogP contribution is -2.37. The van der Waals surface area contributed by atoms with Crippen LogP contribution < -0.4 is 0 Å². The Labute approximate surface area is 186 Å². The van der Waals surface area contributed by atoms with Gasteiger partial charge in [-0.05, 0) is 60.6 Å². The van der Waals surface area contributed by atoms with Crippen molar-refractivity contribution in [2.24, 2.45) is 11.3 Å². The van der Waals surface area contributed by atoms with Crippen molar-refractivity contribution in [3.63, 3.8) is 0 Å². The molecule has 1 fully saturated rings. The second kappa shape index (κ2) is 9.99. The summed E-state index contributed by atoms with van der Waals surface area (Å²) >= 11 is 0. The van der Waals surface area contributed by atoms with Crippen LogP contribution >= 0.6 is 0 Å². The van der Waals surface area contributed by atoms with Crippen LogP contribution in [0.2, 0.25) is 0 Å². The fourth-order valence-electron chi connectivity index (χ4n) is 4.79. The Morgan fingerprint density at radius 2 is 1.71 bits per heavy atom. The molecule has 1 aliphatic carbocycles. The first-order chi connectivity index (χ1) is 14.8. The number of benzene rings is 1. The van der Waals surface area contributed by atoms with Gasteiger partial charge in [0.05, 0.1) is 12.2 Å². The number of Topliss-reactive ketones (excluding diaryl/α,β-unsaturated/α-hetero) is 1. The smallest absolute Gasteiger partial charge is 0.434 e. The molecule has 2 aliphatic rings. The Morgan fingerprint density at radius 1 is 1.10 bits per heavy atom. The molecule has 0 bridgehead atoms. The van der Waals surface area contributed by atoms with Crippen LogP contribution in [0.15, 0.2) is 17.9 Å². The Bertz CT molecular complexity index is 834. The largest absolute Gasteiger partial charge is 0.513 e. The average Bonchev–Trinajstić information content (AvgIpc) is 2.72. The average molecular weight is 429 g/mol. The summed E-state index contributed by atoms with van der Waals surface area (Å²) in [6, 6.07) is 4.28. The van der Waals surface area contributed by atoms with Gasteiger partial charge in [0.15, 0.2) is 5.78 Å². The molecule has 1 aromatic carbocycles. The number of carbonyl (C=O) groups excluding carboxylic acids is 2. The number of allylic oxidation sites excluding steroid dienone is 2. The molecular formula is C26H36O5. The van der Waals surface area contributed by atoms with Gasteiger partial charge < -0.3 is 14.2 Å². The molecule has 0 unspecified atom stereocenters. The molecule has 1 heterocycles. The summed E-state index contributed by atoms with van der Waals surface area (Å²) in [5.41, 5.74) is 4.76. The topological polar surface area (TPSA) is 61.8 Å². The molecule has 5 heteroatoms. The van der Waals surface area contributed by atoms with Gasteiger partial charge in [-0.2, -0.15) is 0 Å². The molecule has 31 heavy (non-hydrogen) atoms. The zero-order valence-corrected chi connectivity index (χ0v) is 19.6. The van der Waals surface area contributed by atoms with Gasteiger partial charge in [-0.1, -0.05) is 45.4 Å². The fourth-order valence-corrected chi connectivity index (χ4v) is 4.79. The van der Waals surface area contributed by atoms with E-state index < -0.39 is 6.16 Å². The van der Waals surface area contributed by atoms with Crippen LogP contribution in [0.5, 0.6) is 0 Å². The van der Waals surface area contributed by atoms with Gasteiger partial charge in [-0.25, -0.2) is 4.79 Å². The highest BCUT2D eigenvalue weighted by Crippen LogP contribution is 2.48. The van der Waals surface area contributed by atoms with Gasteiger partial charge in [0.1, 0.15) is 5.76 Å². The highest BCUT2D eigenvalue weighted by molar-refractivity contribution is 6.23. The van der Waals surface area contributed by atoms with E-state index in [1.807, 2.05) is 13.8 Å². The number of hydrogen-bond donors (Lipinski definition) is 0. The minimum atomic E-state index is -0.721. The van der Waals surface area contributed by atoms with Crippen molar-refractivity contribution in [2.45, 2.75) is 73.1 Å². The van der Waals surface area contributed by atoms with Crippen LogP contribution in [0.3, 0.4) is 0 Å². The summed E-state index contributed by atoms with van der Waals surface area (Å²) < 4.78 is 16.6. The normalized spacial score (nSPS) is 18.6. The molecule has 1 saturated heterocycles. The molecule has 1 aromatic rings. The molecule has 1 spiro atoms. The summed E-state index contributed by atoms with van der Waals surface area (Å²) in [7, 11) is 0. The maximum absolute atomic E-state index is 13.6. The molecule has 0 aromatic heterocycles. The molecule has 0 radical (unpaired) electrons. The summed E-state index contributed by atoms with van der Waals surface area (Å²) in [6.45, 7) is 11.8. The van der Waals surface area contributed by atoms with Crippen molar-refractivity contribution >= 4 is 17.5 Å². The summed E-state index contributed by atoms with van der Waals surface area (Å²) in [5.74, 6) is 0.750. The van der Waals surface area contributed by atoms with E-state index in [1.54, 1.807) is 0 Å². The second-order valence-corrected chi connectivity index (χ2v) is 9.41. The van der Waals surface area contributed by atoms with Crippen molar-refractivity contribution in [1.82, 2.24) is 0 Å². The quantitative estimate of drug-likeness (QED) is 0.536. The lowest BCUT2D eigenvalue weighted by molar-refractivity contribution is -0.119. The lowest BCUT2D eigenvalue weighted by Gasteiger charge is -2.40. The van der Waals surface area contributed by atoms with Crippen LogP contribution in [0.25, 0.3) is 5.57 Å². The first kappa shape index (κ1) is 23.5. The zero-order chi connectivity index (χ0) is 22.6. The van der Waals surface area contributed by atoms with Crippen molar-refractivity contribution < 1.29 is 23.8 Å². The molecule has 5 nitrogen and oxygen atoms in total. The number of ketones is 1. The van der Waals surface area contributed by atoms with E-state index in [1.165, 1.54) is 5.56 Å². The molecular weight excluding hydrogens is 392 g/mol. The first-order valence-corrected chi connectivity index (χ1v) is 11.6. The Balaban J connectivity index is 2.09. The van der Waals surface area contributed by atoms with Crippen LogP contribution in [0.4, 0.5) is 4.79 Å². The fraction of sp³-hybridized carbons (Fsp3) is 0.615. The Morgan fingerprint density at radius 3 is 2.26 bits per heavy atom. The monoisotopic (exact) mass is 428 g/mol. The van der Waals surface area contributed by atoms with Crippen molar-refractivity contribution in [2.75, 3.05) is 19.8 Å². The minimum absolute atomic E-state index is 0.0630. The van der Waals surface area contributed by atoms with E-state index in [4.69, 9.17) is 14.2 Å². The van der Waals surface area contributed by atoms with Crippen LogP contribution in [-0.4, -0.2) is 31.8 Å². The SMILES string of the molecule is CCc1cc(C)cc(CC)c1C1=C(OC(=O)OCC(C)C)CC2(CCOCC2)CC1=O. The van der Waals surface area contributed by atoms with E-state index in [0.717, 1.165) is 42.4 Å². The van der Waals surface area contributed by atoms with Crippen molar-refractivity contribution in [3.05, 3.63) is 40.1 Å². The summed E-state index contributed by atoms with van der Waals surface area (Å²) in [4.78, 5) is 26.1. The standard InChI is InChI=1S/C26H36O5/c1-6-19-12-18(5)13-20(7-2)23(19)24-21(27)14-26(8-10-29-11-9-26)15-22(24)31-25(28)30-16-17(3)4/h12-13,17H,6-11,14-16H2,1-5H3. The molecule has 0 amide bonds. The van der Waals surface area contributed by atoms with E-state index >= 15 is 0 Å². The summed E-state index contributed by atoms with van der Waals surface area (Å²) in [6.07, 6.45) is 3.54. The van der Waals surface area contributed by atoms with Gasteiger partial charge in [-0.15, -0.1) is 0 Å². The molecule has 0 saturated carbocycles.